The molecule has 6 heteroatoms. The molecule has 0 N–H and O–H groups in total. The highest BCUT2D eigenvalue weighted by molar-refractivity contribution is 5.89. The van der Waals surface area contributed by atoms with Crippen molar-refractivity contribution in [2.45, 2.75) is 51.9 Å². The fraction of sp³-hybridized carbons (Fsp3) is 0.464. The van der Waals surface area contributed by atoms with Crippen molar-refractivity contribution in [1.82, 2.24) is 4.90 Å². The van der Waals surface area contributed by atoms with E-state index in [-0.39, 0.29) is 17.7 Å². The first-order valence-corrected chi connectivity index (χ1v) is 12.3. The van der Waals surface area contributed by atoms with Crippen LogP contribution < -0.4 is 0 Å². The Kier molecular flexibility index (Phi) is 10.4. The van der Waals surface area contributed by atoms with Crippen LogP contribution in [-0.4, -0.2) is 42.5 Å². The number of ketones is 1. The van der Waals surface area contributed by atoms with Gasteiger partial charge in [-0.1, -0.05) is 42.4 Å². The van der Waals surface area contributed by atoms with E-state index in [9.17, 15) is 14.0 Å². The minimum atomic E-state index is -0.476. The molecule has 3 rings (SSSR count). The fourth-order valence-corrected chi connectivity index (χ4v) is 4.56. The van der Waals surface area contributed by atoms with E-state index in [1.165, 1.54) is 12.1 Å². The van der Waals surface area contributed by atoms with E-state index in [2.05, 4.69) is 17.0 Å². The minimum Gasteiger partial charge on any atom is -0.313 e. The molecule has 34 heavy (non-hydrogen) atoms. The normalized spacial score (nSPS) is 18.5. The van der Waals surface area contributed by atoms with E-state index in [1.54, 1.807) is 30.5 Å². The van der Waals surface area contributed by atoms with Crippen LogP contribution in [0.15, 0.2) is 59.8 Å². The summed E-state index contributed by atoms with van der Waals surface area (Å²) in [6.45, 7) is 5.08. The molecule has 2 aromatic carbocycles. The van der Waals surface area contributed by atoms with Crippen LogP contribution in [-0.2, 0) is 16.1 Å². The zero-order valence-corrected chi connectivity index (χ0v) is 20.0. The van der Waals surface area contributed by atoms with E-state index in [4.69, 9.17) is 4.84 Å². The first kappa shape index (κ1) is 25.8. The van der Waals surface area contributed by atoms with Gasteiger partial charge in [0.05, 0.1) is 5.56 Å². The van der Waals surface area contributed by atoms with Crippen LogP contribution in [0.1, 0.15) is 61.4 Å². The minimum absolute atomic E-state index is 0.129. The second kappa shape index (κ2) is 13.8. The van der Waals surface area contributed by atoms with Crippen molar-refractivity contribution < 1.29 is 18.8 Å². The molecule has 5 nitrogen and oxygen atoms in total. The van der Waals surface area contributed by atoms with E-state index in [0.29, 0.717) is 24.2 Å². The highest BCUT2D eigenvalue weighted by atomic mass is 19.1. The number of rotatable bonds is 12. The molecule has 1 saturated carbocycles. The highest BCUT2D eigenvalue weighted by Crippen LogP contribution is 2.30. The molecule has 1 aliphatic carbocycles. The summed E-state index contributed by atoms with van der Waals surface area (Å²) in [6, 6.07) is 15.5. The molecule has 0 amide bonds. The Labute approximate surface area is 202 Å². The molecule has 0 spiro atoms. The summed E-state index contributed by atoms with van der Waals surface area (Å²) in [5.41, 5.74) is 1.61. The van der Waals surface area contributed by atoms with Gasteiger partial charge in [0.25, 0.3) is 0 Å². The summed E-state index contributed by atoms with van der Waals surface area (Å²) < 4.78 is 13.1. The van der Waals surface area contributed by atoms with Gasteiger partial charge in [0.15, 0.2) is 0 Å². The van der Waals surface area contributed by atoms with Crippen molar-refractivity contribution in [2.75, 3.05) is 19.6 Å². The largest absolute Gasteiger partial charge is 0.365 e. The monoisotopic (exact) mass is 466 g/mol. The predicted molar refractivity (Wildman–Crippen MR) is 132 cm³/mol. The molecule has 0 aromatic heterocycles. The molecule has 0 bridgehead atoms. The van der Waals surface area contributed by atoms with Gasteiger partial charge < -0.3 is 9.74 Å². The number of carbonyl (C=O) groups excluding carboxylic acids is 2. The second-order valence-electron chi connectivity index (χ2n) is 9.06. The third kappa shape index (κ3) is 8.49. The summed E-state index contributed by atoms with van der Waals surface area (Å²) in [5.74, 6) is -0.0444. The van der Waals surface area contributed by atoms with Crippen LogP contribution in [0.3, 0.4) is 0 Å². The summed E-state index contributed by atoms with van der Waals surface area (Å²) in [7, 11) is 0. The highest BCUT2D eigenvalue weighted by Gasteiger charge is 2.28. The molecule has 2 atom stereocenters. The first-order chi connectivity index (χ1) is 16.5. The van der Waals surface area contributed by atoms with Crippen LogP contribution >= 0.6 is 0 Å². The third-order valence-electron chi connectivity index (χ3n) is 6.46. The number of hydrogen-bond donors (Lipinski definition) is 0. The van der Waals surface area contributed by atoms with Crippen molar-refractivity contribution in [1.29, 1.82) is 0 Å². The lowest BCUT2D eigenvalue weighted by Gasteiger charge is -2.30. The number of benzene rings is 2. The quantitative estimate of drug-likeness (QED) is 0.229. The summed E-state index contributed by atoms with van der Waals surface area (Å²) in [6.07, 6.45) is 7.48. The van der Waals surface area contributed by atoms with Crippen LogP contribution in [0, 0.1) is 17.7 Å². The fourth-order valence-electron chi connectivity index (χ4n) is 4.56. The molecule has 0 radical (unpaired) electrons. The topological polar surface area (TPSA) is 59.0 Å². The van der Waals surface area contributed by atoms with Crippen LogP contribution in [0.25, 0.3) is 0 Å². The van der Waals surface area contributed by atoms with Crippen molar-refractivity contribution in [2.24, 2.45) is 17.0 Å². The van der Waals surface area contributed by atoms with E-state index in [1.807, 2.05) is 18.2 Å². The number of aryl methyl sites for hydroxylation is 1. The Morgan fingerprint density at radius 2 is 1.88 bits per heavy atom. The van der Waals surface area contributed by atoms with E-state index < -0.39 is 5.97 Å². The predicted octanol–water partition coefficient (Wildman–Crippen LogP) is 5.69. The Balaban J connectivity index is 1.49. The molecule has 2 aromatic rings. The number of carbonyl (C=O) groups is 2. The van der Waals surface area contributed by atoms with Gasteiger partial charge in [-0.25, -0.2) is 9.18 Å². The van der Waals surface area contributed by atoms with Gasteiger partial charge in [0.1, 0.15) is 11.6 Å². The molecule has 0 heterocycles. The van der Waals surface area contributed by atoms with Crippen molar-refractivity contribution in [3.05, 3.63) is 71.5 Å². The molecular weight excluding hydrogens is 431 g/mol. The average molecular weight is 467 g/mol. The number of oxime groups is 1. The van der Waals surface area contributed by atoms with Gasteiger partial charge in [-0.05, 0) is 87.5 Å². The number of halogens is 1. The zero-order chi connectivity index (χ0) is 24.2. The third-order valence-corrected chi connectivity index (χ3v) is 6.46. The van der Waals surface area contributed by atoms with E-state index >= 15 is 0 Å². The molecule has 182 valence electrons. The Hall–Kier alpha value is -2.86. The average Bonchev–Trinajstić information content (AvgIpc) is 2.85. The lowest BCUT2D eigenvalue weighted by molar-refractivity contribution is -0.122. The maximum atomic E-state index is 13.1. The van der Waals surface area contributed by atoms with Crippen LogP contribution in [0.5, 0.6) is 0 Å². The first-order valence-electron chi connectivity index (χ1n) is 12.3. The van der Waals surface area contributed by atoms with Crippen molar-refractivity contribution >= 4 is 18.0 Å². The van der Waals surface area contributed by atoms with Gasteiger partial charge in [-0.15, -0.1) is 0 Å². The van der Waals surface area contributed by atoms with Crippen LogP contribution in [0.4, 0.5) is 4.39 Å². The molecule has 0 aliphatic heterocycles. The number of Topliss-reactive ketones (excluding diaryl/α,β-unsaturated/α-hetero) is 1. The van der Waals surface area contributed by atoms with Gasteiger partial charge >= 0.3 is 5.97 Å². The SMILES string of the molecule is CCCN(CCCc1ccc(F)cc1)CC[C@@H]1CC(=O)CCC1/C=N\OC(=O)c1ccccc1. The van der Waals surface area contributed by atoms with E-state index in [0.717, 1.165) is 57.3 Å². The molecule has 1 unspecified atom stereocenters. The molecule has 1 fully saturated rings. The molecular formula is C28H35FN2O3. The maximum absolute atomic E-state index is 13.1. The molecule has 1 aliphatic rings. The zero-order valence-electron chi connectivity index (χ0n) is 20.0. The van der Waals surface area contributed by atoms with Gasteiger partial charge in [0.2, 0.25) is 0 Å². The Morgan fingerprint density at radius 3 is 2.62 bits per heavy atom. The second-order valence-corrected chi connectivity index (χ2v) is 9.06. The van der Waals surface area contributed by atoms with Gasteiger partial charge in [-0.3, -0.25) is 4.79 Å². The Morgan fingerprint density at radius 1 is 1.12 bits per heavy atom. The lowest BCUT2D eigenvalue weighted by atomic mass is 9.77. The smallest absolute Gasteiger partial charge is 0.313 e. The lowest BCUT2D eigenvalue weighted by Crippen LogP contribution is -2.33. The number of nitrogens with zero attached hydrogens (tertiary/aromatic N) is 2. The summed E-state index contributed by atoms with van der Waals surface area (Å²) in [5, 5.41) is 3.97. The van der Waals surface area contributed by atoms with Gasteiger partial charge in [-0.2, -0.15) is 0 Å². The standard InChI is InChI=1S/C28H35FN2O3/c1-2-17-31(18-6-7-22-10-13-26(29)14-11-22)19-16-24-20-27(32)15-12-25(24)21-30-34-28(33)23-8-4-3-5-9-23/h3-5,8-11,13-14,21,24-25H,2,6-7,12,15-20H2,1H3/b30-21-/t24-,25?/m1/s1. The van der Waals surface area contributed by atoms with Crippen LogP contribution in [0.2, 0.25) is 0 Å². The number of hydrogen-bond acceptors (Lipinski definition) is 5. The van der Waals surface area contributed by atoms with Crippen molar-refractivity contribution in [3.63, 3.8) is 0 Å². The summed E-state index contributed by atoms with van der Waals surface area (Å²) >= 11 is 0. The van der Waals surface area contributed by atoms with Gasteiger partial charge in [0, 0.05) is 25.0 Å². The summed E-state index contributed by atoms with van der Waals surface area (Å²) in [4.78, 5) is 31.8. The Bertz CT molecular complexity index is 930. The maximum Gasteiger partial charge on any atom is 0.365 e. The molecule has 0 saturated heterocycles. The van der Waals surface area contributed by atoms with Crippen molar-refractivity contribution in [3.8, 4) is 0 Å².